The van der Waals surface area contributed by atoms with Gasteiger partial charge in [0.25, 0.3) is 5.56 Å². The summed E-state index contributed by atoms with van der Waals surface area (Å²) in [5, 5.41) is 3.12. The van der Waals surface area contributed by atoms with Crippen molar-refractivity contribution in [3.05, 3.63) is 32.6 Å². The van der Waals surface area contributed by atoms with Gasteiger partial charge in [0.2, 0.25) is 0 Å². The van der Waals surface area contributed by atoms with Gasteiger partial charge in [-0.1, -0.05) is 0 Å². The highest BCUT2D eigenvalue weighted by Gasteiger charge is 2.04. The second kappa shape index (κ2) is 7.88. The first kappa shape index (κ1) is 15.6. The number of aromatic nitrogens is 2. The topological polar surface area (TPSA) is 74.5 Å². The van der Waals surface area contributed by atoms with Gasteiger partial charge in [-0.05, 0) is 0 Å². The minimum atomic E-state index is -0.319. The van der Waals surface area contributed by atoms with E-state index in [0.29, 0.717) is 38.6 Å². The first-order valence-corrected chi connectivity index (χ1v) is 6.11. The number of hydrogen-bond acceptors (Lipinski definition) is 5. The van der Waals surface area contributed by atoms with Gasteiger partial charge < -0.3 is 14.8 Å². The van der Waals surface area contributed by atoms with Gasteiger partial charge in [0, 0.05) is 46.1 Å². The van der Waals surface area contributed by atoms with E-state index >= 15 is 0 Å². The molecule has 0 saturated heterocycles. The number of methoxy groups -OCH3 is 1. The Hall–Kier alpha value is -1.44. The zero-order chi connectivity index (χ0) is 14.3. The zero-order valence-corrected chi connectivity index (χ0v) is 11.6. The van der Waals surface area contributed by atoms with E-state index in [9.17, 15) is 9.59 Å². The summed E-state index contributed by atoms with van der Waals surface area (Å²) in [6.45, 7) is 2.79. The Balaban J connectivity index is 2.42. The number of nitrogens with one attached hydrogen (secondary N) is 1. The van der Waals surface area contributed by atoms with E-state index in [1.165, 1.54) is 17.7 Å². The Morgan fingerprint density at radius 1 is 1.16 bits per heavy atom. The maximum Gasteiger partial charge on any atom is 0.330 e. The Labute approximate surface area is 111 Å². The summed E-state index contributed by atoms with van der Waals surface area (Å²) in [5.74, 6) is 0. The SMILES string of the molecule is COCCOCCNCc1cc(=O)n(C)c(=O)n1C. The van der Waals surface area contributed by atoms with Crippen LogP contribution >= 0.6 is 0 Å². The fourth-order valence-electron chi connectivity index (χ4n) is 1.55. The van der Waals surface area contributed by atoms with Crippen molar-refractivity contribution < 1.29 is 9.47 Å². The van der Waals surface area contributed by atoms with Gasteiger partial charge >= 0.3 is 5.69 Å². The molecule has 0 aliphatic heterocycles. The minimum Gasteiger partial charge on any atom is -0.382 e. The second-order valence-electron chi connectivity index (χ2n) is 4.16. The Morgan fingerprint density at radius 3 is 2.58 bits per heavy atom. The first-order valence-electron chi connectivity index (χ1n) is 6.11. The largest absolute Gasteiger partial charge is 0.382 e. The standard InChI is InChI=1S/C12H21N3O4/c1-14-10(8-11(16)15(2)12(14)17)9-13-4-5-19-7-6-18-3/h8,13H,4-7,9H2,1-3H3. The van der Waals surface area contributed by atoms with Gasteiger partial charge in [-0.3, -0.25) is 13.9 Å². The van der Waals surface area contributed by atoms with Crippen LogP contribution in [0.3, 0.4) is 0 Å². The Bertz CT molecular complexity index is 507. The lowest BCUT2D eigenvalue weighted by atomic mass is 10.4. The lowest BCUT2D eigenvalue weighted by Crippen LogP contribution is -2.39. The molecule has 1 N–H and O–H groups in total. The third-order valence-electron chi connectivity index (χ3n) is 2.79. The molecule has 0 aliphatic rings. The maximum absolute atomic E-state index is 11.7. The van der Waals surface area contributed by atoms with Crippen LogP contribution in [0.15, 0.2) is 15.7 Å². The number of ether oxygens (including phenoxy) is 2. The number of hydrogen-bond donors (Lipinski definition) is 1. The number of nitrogens with zero attached hydrogens (tertiary/aromatic N) is 2. The molecule has 0 saturated carbocycles. The van der Waals surface area contributed by atoms with Crippen LogP contribution in [0, 0.1) is 0 Å². The van der Waals surface area contributed by atoms with Gasteiger partial charge in [-0.15, -0.1) is 0 Å². The highest BCUT2D eigenvalue weighted by atomic mass is 16.5. The molecule has 0 aromatic carbocycles. The van der Waals surface area contributed by atoms with Gasteiger partial charge in [0.05, 0.1) is 19.8 Å². The van der Waals surface area contributed by atoms with Crippen molar-refractivity contribution >= 4 is 0 Å². The molecule has 19 heavy (non-hydrogen) atoms. The molecular formula is C12H21N3O4. The first-order chi connectivity index (χ1) is 9.07. The smallest absolute Gasteiger partial charge is 0.330 e. The van der Waals surface area contributed by atoms with Crippen LogP contribution in [0.1, 0.15) is 5.69 Å². The lowest BCUT2D eigenvalue weighted by Gasteiger charge is -2.10. The van der Waals surface area contributed by atoms with Crippen LogP contribution in [0.5, 0.6) is 0 Å². The van der Waals surface area contributed by atoms with Crippen molar-refractivity contribution in [3.8, 4) is 0 Å². The van der Waals surface area contributed by atoms with Crippen LogP contribution < -0.4 is 16.6 Å². The van der Waals surface area contributed by atoms with Crippen molar-refractivity contribution in [2.45, 2.75) is 6.54 Å². The highest BCUT2D eigenvalue weighted by molar-refractivity contribution is 5.01. The van der Waals surface area contributed by atoms with E-state index < -0.39 is 0 Å². The second-order valence-corrected chi connectivity index (χ2v) is 4.16. The predicted octanol–water partition coefficient (Wildman–Crippen LogP) is -1.16. The van der Waals surface area contributed by atoms with E-state index in [1.54, 1.807) is 14.2 Å². The van der Waals surface area contributed by atoms with E-state index in [1.807, 2.05) is 0 Å². The van der Waals surface area contributed by atoms with Gasteiger partial charge in [0.1, 0.15) is 0 Å². The molecule has 7 nitrogen and oxygen atoms in total. The summed E-state index contributed by atoms with van der Waals surface area (Å²) in [5.41, 5.74) is 0.0434. The fraction of sp³-hybridized carbons (Fsp3) is 0.667. The highest BCUT2D eigenvalue weighted by Crippen LogP contribution is 1.89. The molecule has 0 fully saturated rings. The molecule has 0 bridgehead atoms. The van der Waals surface area contributed by atoms with Crippen molar-refractivity contribution in [2.24, 2.45) is 14.1 Å². The summed E-state index contributed by atoms with van der Waals surface area (Å²) in [6.07, 6.45) is 0. The van der Waals surface area contributed by atoms with E-state index in [4.69, 9.17) is 9.47 Å². The molecule has 0 atom stereocenters. The van der Waals surface area contributed by atoms with Crippen molar-refractivity contribution in [1.82, 2.24) is 14.5 Å². The van der Waals surface area contributed by atoms with Crippen LogP contribution in [0.4, 0.5) is 0 Å². The van der Waals surface area contributed by atoms with Crippen molar-refractivity contribution in [1.29, 1.82) is 0 Å². The Kier molecular flexibility index (Phi) is 6.48. The third-order valence-corrected chi connectivity index (χ3v) is 2.79. The van der Waals surface area contributed by atoms with E-state index in [-0.39, 0.29) is 11.2 Å². The molecule has 7 heteroatoms. The Morgan fingerprint density at radius 2 is 1.89 bits per heavy atom. The summed E-state index contributed by atoms with van der Waals surface area (Å²) in [7, 11) is 4.73. The van der Waals surface area contributed by atoms with Crippen LogP contribution in [0.25, 0.3) is 0 Å². The molecule has 1 rings (SSSR count). The molecule has 1 heterocycles. The lowest BCUT2D eigenvalue weighted by molar-refractivity contribution is 0.0718. The number of rotatable bonds is 8. The fourth-order valence-corrected chi connectivity index (χ4v) is 1.55. The summed E-state index contributed by atoms with van der Waals surface area (Å²) < 4.78 is 12.7. The van der Waals surface area contributed by atoms with Crippen LogP contribution in [0.2, 0.25) is 0 Å². The minimum absolute atomic E-state index is 0.295. The third kappa shape index (κ3) is 4.62. The molecular weight excluding hydrogens is 250 g/mol. The molecule has 0 aliphatic carbocycles. The maximum atomic E-state index is 11.7. The normalized spacial score (nSPS) is 10.9. The molecule has 0 spiro atoms. The monoisotopic (exact) mass is 271 g/mol. The van der Waals surface area contributed by atoms with Crippen LogP contribution in [-0.2, 0) is 30.1 Å². The van der Waals surface area contributed by atoms with E-state index in [0.717, 1.165) is 4.57 Å². The molecule has 0 unspecified atom stereocenters. The quantitative estimate of drug-likeness (QED) is 0.604. The molecule has 1 aromatic rings. The molecule has 1 aromatic heterocycles. The van der Waals surface area contributed by atoms with Crippen molar-refractivity contribution in [3.63, 3.8) is 0 Å². The summed E-state index contributed by atoms with van der Waals surface area (Å²) >= 11 is 0. The van der Waals surface area contributed by atoms with Crippen LogP contribution in [-0.4, -0.2) is 42.6 Å². The predicted molar refractivity (Wildman–Crippen MR) is 71.3 cm³/mol. The summed E-state index contributed by atoms with van der Waals surface area (Å²) in [4.78, 5) is 23.2. The van der Waals surface area contributed by atoms with Gasteiger partial charge in [-0.2, -0.15) is 0 Å². The average Bonchev–Trinajstić information content (AvgIpc) is 2.41. The van der Waals surface area contributed by atoms with Crippen molar-refractivity contribution in [2.75, 3.05) is 33.5 Å². The zero-order valence-electron chi connectivity index (χ0n) is 11.6. The summed E-state index contributed by atoms with van der Waals surface area (Å²) in [6, 6.07) is 1.46. The van der Waals surface area contributed by atoms with Gasteiger partial charge in [0.15, 0.2) is 0 Å². The van der Waals surface area contributed by atoms with Gasteiger partial charge in [-0.25, -0.2) is 4.79 Å². The molecule has 108 valence electrons. The average molecular weight is 271 g/mol. The molecule has 0 radical (unpaired) electrons. The molecule has 0 amide bonds. The van der Waals surface area contributed by atoms with E-state index in [2.05, 4.69) is 5.32 Å².